The molecule has 1 aromatic heterocycles. The Labute approximate surface area is 153 Å². The zero-order valence-corrected chi connectivity index (χ0v) is 15.2. The average molecular weight is 352 g/mol. The molecule has 2 aromatic carbocycles. The van der Waals surface area contributed by atoms with Gasteiger partial charge in [0.25, 0.3) is 0 Å². The summed E-state index contributed by atoms with van der Waals surface area (Å²) in [6.45, 7) is 2.08. The van der Waals surface area contributed by atoms with Crippen molar-refractivity contribution < 1.29 is 0 Å². The molecule has 3 aromatic rings. The van der Waals surface area contributed by atoms with E-state index in [2.05, 4.69) is 36.5 Å². The Bertz CT molecular complexity index is 884. The molecule has 1 N–H and O–H groups in total. The maximum Gasteiger partial charge on any atom is 0.162 e. The third-order valence-electron chi connectivity index (χ3n) is 4.91. The summed E-state index contributed by atoms with van der Waals surface area (Å²) in [5, 5.41) is 5.40. The monoisotopic (exact) mass is 351 g/mol. The highest BCUT2D eigenvalue weighted by molar-refractivity contribution is 6.31. The average Bonchev–Trinajstić information content (AvgIpc) is 2.62. The summed E-state index contributed by atoms with van der Waals surface area (Å²) in [5.74, 6) is 1.66. The number of nitrogens with one attached hydrogen (secondary N) is 1. The first kappa shape index (κ1) is 16.3. The van der Waals surface area contributed by atoms with Crippen molar-refractivity contribution in [1.29, 1.82) is 0 Å². The lowest BCUT2D eigenvalue weighted by atomic mass is 9.95. The van der Waals surface area contributed by atoms with Crippen LogP contribution >= 0.6 is 11.6 Å². The van der Waals surface area contributed by atoms with E-state index >= 15 is 0 Å². The van der Waals surface area contributed by atoms with Gasteiger partial charge in [-0.2, -0.15) is 0 Å². The van der Waals surface area contributed by atoms with Crippen molar-refractivity contribution in [3.05, 3.63) is 53.1 Å². The Balaban J connectivity index is 1.79. The predicted octanol–water partition coefficient (Wildman–Crippen LogP) is 6.00. The number of aromatic nitrogens is 2. The second-order valence-corrected chi connectivity index (χ2v) is 7.34. The van der Waals surface area contributed by atoms with Gasteiger partial charge >= 0.3 is 0 Å². The van der Waals surface area contributed by atoms with Crippen LogP contribution in [0.25, 0.3) is 22.3 Å². The van der Waals surface area contributed by atoms with Gasteiger partial charge in [-0.25, -0.2) is 9.97 Å². The highest BCUT2D eigenvalue weighted by atomic mass is 35.5. The molecular weight excluding hydrogens is 330 g/mol. The fourth-order valence-corrected chi connectivity index (χ4v) is 3.65. The van der Waals surface area contributed by atoms with Gasteiger partial charge in [0.05, 0.1) is 5.52 Å². The largest absolute Gasteiger partial charge is 0.367 e. The molecule has 0 bridgehead atoms. The highest BCUT2D eigenvalue weighted by Crippen LogP contribution is 2.29. The van der Waals surface area contributed by atoms with E-state index in [1.54, 1.807) is 0 Å². The van der Waals surface area contributed by atoms with Crippen LogP contribution in [0.4, 0.5) is 5.82 Å². The number of anilines is 1. The number of benzene rings is 2. The van der Waals surface area contributed by atoms with Crippen molar-refractivity contribution >= 4 is 28.3 Å². The van der Waals surface area contributed by atoms with E-state index in [4.69, 9.17) is 21.6 Å². The lowest BCUT2D eigenvalue weighted by Crippen LogP contribution is -2.23. The van der Waals surface area contributed by atoms with Crippen LogP contribution < -0.4 is 5.32 Å². The van der Waals surface area contributed by atoms with Gasteiger partial charge in [-0.3, -0.25) is 0 Å². The van der Waals surface area contributed by atoms with Crippen molar-refractivity contribution in [1.82, 2.24) is 9.97 Å². The van der Waals surface area contributed by atoms with E-state index in [1.165, 1.54) is 37.7 Å². The quantitative estimate of drug-likeness (QED) is 0.628. The molecule has 0 spiro atoms. The Kier molecular flexibility index (Phi) is 4.58. The molecule has 0 unspecified atom stereocenters. The van der Waals surface area contributed by atoms with Crippen LogP contribution in [0.3, 0.4) is 0 Å². The van der Waals surface area contributed by atoms with Crippen LogP contribution in [0.1, 0.15) is 37.7 Å². The number of nitrogens with zero attached hydrogens (tertiary/aromatic N) is 2. The van der Waals surface area contributed by atoms with Crippen molar-refractivity contribution in [2.45, 2.75) is 45.1 Å². The number of fused-ring (bicyclic) bond motifs is 1. The van der Waals surface area contributed by atoms with Gasteiger partial charge in [0, 0.05) is 22.0 Å². The molecule has 1 aliphatic carbocycles. The molecule has 1 saturated carbocycles. The number of aryl methyl sites for hydroxylation is 1. The Morgan fingerprint density at radius 3 is 2.48 bits per heavy atom. The van der Waals surface area contributed by atoms with Crippen LogP contribution in [-0.4, -0.2) is 16.0 Å². The lowest BCUT2D eigenvalue weighted by molar-refractivity contribution is 0.462. The minimum Gasteiger partial charge on any atom is -0.367 e. The van der Waals surface area contributed by atoms with E-state index in [1.807, 2.05) is 18.2 Å². The minimum atomic E-state index is 0.494. The maximum absolute atomic E-state index is 6.20. The number of hydrogen-bond donors (Lipinski definition) is 1. The Morgan fingerprint density at radius 1 is 0.960 bits per heavy atom. The third kappa shape index (κ3) is 3.62. The van der Waals surface area contributed by atoms with E-state index in [0.717, 1.165) is 28.1 Å². The molecule has 1 fully saturated rings. The first-order chi connectivity index (χ1) is 12.2. The molecule has 4 heteroatoms. The van der Waals surface area contributed by atoms with Gasteiger partial charge in [-0.05, 0) is 38.0 Å². The fourth-order valence-electron chi connectivity index (χ4n) is 3.48. The molecule has 1 heterocycles. The molecule has 3 nitrogen and oxygen atoms in total. The van der Waals surface area contributed by atoms with Gasteiger partial charge in [0.2, 0.25) is 0 Å². The number of hydrogen-bond acceptors (Lipinski definition) is 3. The van der Waals surface area contributed by atoms with Gasteiger partial charge in [-0.1, -0.05) is 60.7 Å². The van der Waals surface area contributed by atoms with E-state index in [-0.39, 0.29) is 0 Å². The number of rotatable bonds is 3. The van der Waals surface area contributed by atoms with Crippen LogP contribution in [0.2, 0.25) is 5.02 Å². The standard InChI is InChI=1S/C21H22ClN3/c1-14-7-9-15(10-8-14)20-24-19-13-16(22)11-12-18(19)21(25-20)23-17-5-3-2-4-6-17/h7-13,17H,2-6H2,1H3,(H,23,24,25). The zero-order valence-electron chi connectivity index (χ0n) is 14.4. The normalized spacial score (nSPS) is 15.4. The Morgan fingerprint density at radius 2 is 1.72 bits per heavy atom. The fraction of sp³-hybridized carbons (Fsp3) is 0.333. The molecule has 0 atom stereocenters. The second-order valence-electron chi connectivity index (χ2n) is 6.90. The van der Waals surface area contributed by atoms with Crippen LogP contribution in [-0.2, 0) is 0 Å². The van der Waals surface area contributed by atoms with Crippen LogP contribution in [0.5, 0.6) is 0 Å². The summed E-state index contributed by atoms with van der Waals surface area (Å²) >= 11 is 6.20. The van der Waals surface area contributed by atoms with Crippen LogP contribution in [0.15, 0.2) is 42.5 Å². The van der Waals surface area contributed by atoms with Gasteiger partial charge in [0.1, 0.15) is 5.82 Å². The third-order valence-corrected chi connectivity index (χ3v) is 5.15. The van der Waals surface area contributed by atoms with Crippen molar-refractivity contribution in [2.24, 2.45) is 0 Å². The summed E-state index contributed by atoms with van der Waals surface area (Å²) in [6, 6.07) is 14.7. The molecule has 128 valence electrons. The van der Waals surface area contributed by atoms with Crippen molar-refractivity contribution in [3.8, 4) is 11.4 Å². The lowest BCUT2D eigenvalue weighted by Gasteiger charge is -2.24. The summed E-state index contributed by atoms with van der Waals surface area (Å²) in [6.07, 6.45) is 6.33. The first-order valence-electron chi connectivity index (χ1n) is 9.00. The SMILES string of the molecule is Cc1ccc(-c2nc(NC3CCCCC3)c3ccc(Cl)cc3n2)cc1. The van der Waals surface area contributed by atoms with Gasteiger partial charge in [0.15, 0.2) is 5.82 Å². The predicted molar refractivity (Wildman–Crippen MR) is 105 cm³/mol. The smallest absolute Gasteiger partial charge is 0.162 e. The molecule has 4 rings (SSSR count). The molecule has 0 amide bonds. The first-order valence-corrected chi connectivity index (χ1v) is 9.38. The summed E-state index contributed by atoms with van der Waals surface area (Å²) in [4.78, 5) is 9.61. The van der Waals surface area contributed by atoms with E-state index in [9.17, 15) is 0 Å². The molecule has 25 heavy (non-hydrogen) atoms. The van der Waals surface area contributed by atoms with Crippen molar-refractivity contribution in [2.75, 3.05) is 5.32 Å². The second kappa shape index (κ2) is 7.01. The summed E-state index contributed by atoms with van der Waals surface area (Å²) in [5.41, 5.74) is 3.14. The molecule has 0 aliphatic heterocycles. The van der Waals surface area contributed by atoms with E-state index in [0.29, 0.717) is 11.1 Å². The maximum atomic E-state index is 6.20. The topological polar surface area (TPSA) is 37.8 Å². The van der Waals surface area contributed by atoms with E-state index < -0.39 is 0 Å². The summed E-state index contributed by atoms with van der Waals surface area (Å²) in [7, 11) is 0. The summed E-state index contributed by atoms with van der Waals surface area (Å²) < 4.78 is 0. The molecule has 0 saturated heterocycles. The molecule has 0 radical (unpaired) electrons. The van der Waals surface area contributed by atoms with Crippen LogP contribution in [0, 0.1) is 6.92 Å². The zero-order chi connectivity index (χ0) is 17.2. The Hall–Kier alpha value is -2.13. The molecular formula is C21H22ClN3. The highest BCUT2D eigenvalue weighted by Gasteiger charge is 2.16. The minimum absolute atomic E-state index is 0.494. The number of halogens is 1. The van der Waals surface area contributed by atoms with Gasteiger partial charge < -0.3 is 5.32 Å². The van der Waals surface area contributed by atoms with Crippen molar-refractivity contribution in [3.63, 3.8) is 0 Å². The van der Waals surface area contributed by atoms with Gasteiger partial charge in [-0.15, -0.1) is 0 Å². The molecule has 1 aliphatic rings.